The van der Waals surface area contributed by atoms with E-state index >= 15 is 0 Å². The van der Waals surface area contributed by atoms with Crippen molar-refractivity contribution in [2.45, 2.75) is 30.6 Å². The van der Waals surface area contributed by atoms with Gasteiger partial charge in [0.1, 0.15) is 5.82 Å². The van der Waals surface area contributed by atoms with E-state index in [1.807, 2.05) is 18.2 Å². The second-order valence-electron chi connectivity index (χ2n) is 7.84. The molecule has 2 heterocycles. The zero-order chi connectivity index (χ0) is 23.0. The summed E-state index contributed by atoms with van der Waals surface area (Å²) in [6.07, 6.45) is 1.25. The maximum atomic E-state index is 13.4. The van der Waals surface area contributed by atoms with Gasteiger partial charge in [-0.15, -0.1) is 0 Å². The van der Waals surface area contributed by atoms with Gasteiger partial charge in [0.25, 0.3) is 5.69 Å². The Labute approximate surface area is 184 Å². The maximum Gasteiger partial charge on any atom is 0.350 e. The van der Waals surface area contributed by atoms with Crippen LogP contribution in [0.1, 0.15) is 30.1 Å². The molecule has 32 heavy (non-hydrogen) atoms. The quantitative estimate of drug-likeness (QED) is 0.428. The fourth-order valence-corrected chi connectivity index (χ4v) is 5.83. The van der Waals surface area contributed by atoms with E-state index in [1.54, 1.807) is 26.1 Å². The van der Waals surface area contributed by atoms with Crippen molar-refractivity contribution >= 4 is 15.7 Å². The summed E-state index contributed by atoms with van der Waals surface area (Å²) in [6.45, 7) is 2.04. The Morgan fingerprint density at radius 1 is 1.16 bits per heavy atom. The molecule has 4 rings (SSSR count). The summed E-state index contributed by atoms with van der Waals surface area (Å²) in [4.78, 5) is 23.2. The van der Waals surface area contributed by atoms with Crippen LogP contribution < -0.4 is 5.69 Å². The Hall–Kier alpha value is -3.31. The highest BCUT2D eigenvalue weighted by atomic mass is 32.2. The average molecular weight is 458 g/mol. The van der Waals surface area contributed by atoms with E-state index in [9.17, 15) is 23.3 Å². The monoisotopic (exact) mass is 457 g/mol. The topological polar surface area (TPSA) is 120 Å². The van der Waals surface area contributed by atoms with Crippen molar-refractivity contribution in [3.05, 3.63) is 80.5 Å². The molecule has 1 aliphatic heterocycles. The normalized spacial score (nSPS) is 17.4. The van der Waals surface area contributed by atoms with E-state index in [2.05, 4.69) is 5.10 Å². The van der Waals surface area contributed by atoms with Crippen LogP contribution in [0.15, 0.2) is 58.2 Å². The number of nitro benzene ring substituents is 1. The molecule has 0 amide bonds. The van der Waals surface area contributed by atoms with E-state index in [0.717, 1.165) is 6.07 Å². The molecule has 2 aromatic carbocycles. The van der Waals surface area contributed by atoms with Crippen LogP contribution in [0.4, 0.5) is 5.69 Å². The first-order chi connectivity index (χ1) is 15.2. The molecule has 0 aliphatic carbocycles. The molecule has 0 spiro atoms. The minimum atomic E-state index is -3.96. The molecule has 1 atom stereocenters. The van der Waals surface area contributed by atoms with Crippen molar-refractivity contribution in [1.29, 1.82) is 0 Å². The van der Waals surface area contributed by atoms with Crippen LogP contribution in [-0.2, 0) is 17.1 Å². The van der Waals surface area contributed by atoms with E-state index in [-0.39, 0.29) is 28.7 Å². The Kier molecular flexibility index (Phi) is 5.70. The first-order valence-electron chi connectivity index (χ1n) is 10.2. The molecular formula is C21H23N5O5S. The zero-order valence-electron chi connectivity index (χ0n) is 17.7. The number of piperidine rings is 1. The summed E-state index contributed by atoms with van der Waals surface area (Å²) in [7, 11) is -2.40. The highest BCUT2D eigenvalue weighted by Crippen LogP contribution is 2.32. The molecule has 1 aromatic heterocycles. The van der Waals surface area contributed by atoms with E-state index < -0.39 is 14.9 Å². The third-order valence-corrected chi connectivity index (χ3v) is 7.72. The van der Waals surface area contributed by atoms with Crippen LogP contribution >= 0.6 is 0 Å². The summed E-state index contributed by atoms with van der Waals surface area (Å²) >= 11 is 0. The van der Waals surface area contributed by atoms with Gasteiger partial charge in [0.05, 0.1) is 15.5 Å². The fourth-order valence-electron chi connectivity index (χ4n) is 4.06. The van der Waals surface area contributed by atoms with Crippen LogP contribution in [-0.4, -0.2) is 45.1 Å². The average Bonchev–Trinajstić information content (AvgIpc) is 3.09. The number of sulfonamides is 1. The van der Waals surface area contributed by atoms with Gasteiger partial charge in [-0.3, -0.25) is 10.1 Å². The molecule has 1 saturated heterocycles. The molecule has 168 valence electrons. The van der Waals surface area contributed by atoms with Crippen molar-refractivity contribution in [1.82, 2.24) is 18.7 Å². The highest BCUT2D eigenvalue weighted by Gasteiger charge is 2.35. The van der Waals surface area contributed by atoms with E-state index in [1.165, 1.54) is 25.7 Å². The molecule has 1 aliphatic rings. The lowest BCUT2D eigenvalue weighted by Crippen LogP contribution is -2.40. The summed E-state index contributed by atoms with van der Waals surface area (Å²) in [5.41, 5.74) is 0.526. The van der Waals surface area contributed by atoms with Crippen LogP contribution in [0.25, 0.3) is 5.69 Å². The molecule has 0 bridgehead atoms. The standard InChI is InChI=1S/C21H23N5O5S/c1-15-10-11-18(26(28)29)13-19(15)32(30,31)24-12-6-7-16(14-24)20-22-23(2)21(27)25(20)17-8-4-3-5-9-17/h3-5,8-11,13,16H,6-7,12,14H2,1-2H3. The Balaban J connectivity index is 1.72. The predicted molar refractivity (Wildman–Crippen MR) is 117 cm³/mol. The number of nitro groups is 1. The van der Waals surface area contributed by atoms with Gasteiger partial charge in [0.2, 0.25) is 10.0 Å². The largest absolute Gasteiger partial charge is 0.350 e. The number of benzene rings is 2. The van der Waals surface area contributed by atoms with Crippen molar-refractivity contribution in [3.63, 3.8) is 0 Å². The van der Waals surface area contributed by atoms with Crippen LogP contribution in [0.2, 0.25) is 0 Å². The third kappa shape index (κ3) is 3.84. The minimum absolute atomic E-state index is 0.0752. The number of aryl methyl sites for hydroxylation is 2. The van der Waals surface area contributed by atoms with Gasteiger partial charge in [-0.25, -0.2) is 22.5 Å². The molecular weight excluding hydrogens is 434 g/mol. The summed E-state index contributed by atoms with van der Waals surface area (Å²) in [5, 5.41) is 15.6. The Morgan fingerprint density at radius 3 is 2.56 bits per heavy atom. The number of rotatable bonds is 5. The number of aromatic nitrogens is 3. The number of non-ortho nitro benzene ring substituents is 1. The van der Waals surface area contributed by atoms with Crippen molar-refractivity contribution in [3.8, 4) is 5.69 Å². The van der Waals surface area contributed by atoms with Crippen molar-refractivity contribution in [2.24, 2.45) is 7.05 Å². The molecule has 0 N–H and O–H groups in total. The smallest absolute Gasteiger partial charge is 0.258 e. The van der Waals surface area contributed by atoms with Gasteiger partial charge >= 0.3 is 5.69 Å². The number of para-hydroxylation sites is 1. The third-order valence-electron chi connectivity index (χ3n) is 5.71. The van der Waals surface area contributed by atoms with Gasteiger partial charge in [-0.1, -0.05) is 24.3 Å². The van der Waals surface area contributed by atoms with Crippen molar-refractivity contribution in [2.75, 3.05) is 13.1 Å². The maximum absolute atomic E-state index is 13.4. The summed E-state index contributed by atoms with van der Waals surface area (Å²) < 4.78 is 30.9. The first kappa shape index (κ1) is 21.9. The van der Waals surface area contributed by atoms with Crippen LogP contribution in [0, 0.1) is 17.0 Å². The lowest BCUT2D eigenvalue weighted by Gasteiger charge is -2.31. The second kappa shape index (κ2) is 8.32. The molecule has 0 radical (unpaired) electrons. The van der Waals surface area contributed by atoms with Gasteiger partial charge in [-0.2, -0.15) is 9.40 Å². The lowest BCUT2D eigenvalue weighted by atomic mass is 9.98. The number of nitrogens with zero attached hydrogens (tertiary/aromatic N) is 5. The summed E-state index contributed by atoms with van der Waals surface area (Å²) in [5.74, 6) is 0.200. The summed E-state index contributed by atoms with van der Waals surface area (Å²) in [6, 6.07) is 12.9. The first-order valence-corrected chi connectivity index (χ1v) is 11.6. The SMILES string of the molecule is Cc1ccc([N+](=O)[O-])cc1S(=O)(=O)N1CCCC(c2nn(C)c(=O)n2-c2ccccc2)C1. The number of hydrogen-bond acceptors (Lipinski definition) is 6. The van der Waals surface area contributed by atoms with Crippen molar-refractivity contribution < 1.29 is 13.3 Å². The fraction of sp³-hybridized carbons (Fsp3) is 0.333. The lowest BCUT2D eigenvalue weighted by molar-refractivity contribution is -0.385. The van der Waals surface area contributed by atoms with E-state index in [0.29, 0.717) is 36.5 Å². The van der Waals surface area contributed by atoms with Gasteiger partial charge < -0.3 is 0 Å². The van der Waals surface area contributed by atoms with Gasteiger partial charge in [-0.05, 0) is 37.5 Å². The molecule has 1 unspecified atom stereocenters. The molecule has 0 saturated carbocycles. The van der Waals surface area contributed by atoms with Crippen LogP contribution in [0.5, 0.6) is 0 Å². The predicted octanol–water partition coefficient (Wildman–Crippen LogP) is 2.36. The molecule has 1 fully saturated rings. The van der Waals surface area contributed by atoms with Gasteiger partial charge in [0, 0.05) is 38.2 Å². The van der Waals surface area contributed by atoms with Gasteiger partial charge in [0.15, 0.2) is 0 Å². The molecule has 10 nitrogen and oxygen atoms in total. The minimum Gasteiger partial charge on any atom is -0.258 e. The molecule has 3 aromatic rings. The molecule has 11 heteroatoms. The Bertz CT molecular complexity index is 1330. The number of hydrogen-bond donors (Lipinski definition) is 0. The highest BCUT2D eigenvalue weighted by molar-refractivity contribution is 7.89. The second-order valence-corrected chi connectivity index (χ2v) is 9.75. The Morgan fingerprint density at radius 2 is 1.88 bits per heavy atom. The van der Waals surface area contributed by atoms with E-state index in [4.69, 9.17) is 0 Å². The zero-order valence-corrected chi connectivity index (χ0v) is 18.5. The van der Waals surface area contributed by atoms with Crippen LogP contribution in [0.3, 0.4) is 0 Å².